The van der Waals surface area contributed by atoms with Crippen molar-refractivity contribution in [2.24, 2.45) is 0 Å². The molecule has 0 radical (unpaired) electrons. The maximum Gasteiger partial charge on any atom is 0.221 e. The van der Waals surface area contributed by atoms with E-state index in [0.29, 0.717) is 31.7 Å². The van der Waals surface area contributed by atoms with E-state index in [-0.39, 0.29) is 12.5 Å². The van der Waals surface area contributed by atoms with E-state index in [4.69, 9.17) is 5.11 Å². The van der Waals surface area contributed by atoms with Crippen molar-refractivity contribution >= 4 is 11.7 Å². The second-order valence-electron chi connectivity index (χ2n) is 6.12. The summed E-state index contributed by atoms with van der Waals surface area (Å²) in [5.41, 5.74) is 0. The molecule has 0 unspecified atom stereocenters. The quantitative estimate of drug-likeness (QED) is 0.427. The van der Waals surface area contributed by atoms with Gasteiger partial charge in [-0.15, -0.1) is 0 Å². The van der Waals surface area contributed by atoms with Crippen LogP contribution in [0.15, 0.2) is 0 Å². The minimum Gasteiger partial charge on any atom is -0.395 e. The first-order valence-corrected chi connectivity index (χ1v) is 9.25. The van der Waals surface area contributed by atoms with Crippen LogP contribution in [-0.2, 0) is 9.59 Å². The number of hydrogen-bond acceptors (Lipinski definition) is 4. The van der Waals surface area contributed by atoms with Crippen LogP contribution >= 0.6 is 0 Å². The Morgan fingerprint density at radius 3 is 2.26 bits per heavy atom. The van der Waals surface area contributed by atoms with Crippen LogP contribution < -0.4 is 5.32 Å². The summed E-state index contributed by atoms with van der Waals surface area (Å²) in [5, 5.41) is 12.0. The van der Waals surface area contributed by atoms with Gasteiger partial charge in [0, 0.05) is 38.9 Å². The Morgan fingerprint density at radius 1 is 0.870 bits per heavy atom. The Hall–Kier alpha value is -0.940. The van der Waals surface area contributed by atoms with Crippen molar-refractivity contribution in [1.82, 2.24) is 10.2 Å². The minimum atomic E-state index is 0.0799. The third-order valence-electron chi connectivity index (χ3n) is 3.88. The van der Waals surface area contributed by atoms with Crippen LogP contribution in [0.4, 0.5) is 0 Å². The number of ketones is 1. The van der Waals surface area contributed by atoms with Crippen LogP contribution in [0.1, 0.15) is 71.6 Å². The number of amides is 1. The van der Waals surface area contributed by atoms with Gasteiger partial charge in [-0.05, 0) is 32.2 Å². The first-order valence-electron chi connectivity index (χ1n) is 9.25. The highest BCUT2D eigenvalue weighted by Crippen LogP contribution is 2.06. The maximum atomic E-state index is 11.6. The molecule has 1 amide bonds. The molecular formula is C18H36N2O3. The van der Waals surface area contributed by atoms with Gasteiger partial charge in [0.25, 0.3) is 0 Å². The van der Waals surface area contributed by atoms with Crippen LogP contribution in [0.3, 0.4) is 0 Å². The number of carbonyl (C=O) groups excluding carboxylic acids is 2. The average molecular weight is 328 g/mol. The molecule has 0 atom stereocenters. The van der Waals surface area contributed by atoms with E-state index in [1.807, 2.05) is 6.92 Å². The molecule has 0 saturated carbocycles. The van der Waals surface area contributed by atoms with Crippen LogP contribution in [-0.4, -0.2) is 54.5 Å². The Bertz CT molecular complexity index is 309. The van der Waals surface area contributed by atoms with E-state index >= 15 is 0 Å². The summed E-state index contributed by atoms with van der Waals surface area (Å²) in [6.07, 6.45) is 7.92. The Balaban J connectivity index is 3.74. The molecule has 0 aromatic carbocycles. The standard InChI is InChI=1S/C18H36N2O3/c1-3-5-9-17(22)10-7-6-8-13-20(15-16-21)14-11-18(23)19-12-4-2/h21H,3-16H2,1-2H3,(H,19,23). The van der Waals surface area contributed by atoms with Crippen LogP contribution in [0.5, 0.6) is 0 Å². The highest BCUT2D eigenvalue weighted by molar-refractivity contribution is 5.78. The molecule has 2 N–H and O–H groups in total. The number of hydrogen-bond donors (Lipinski definition) is 2. The Morgan fingerprint density at radius 2 is 1.61 bits per heavy atom. The molecule has 0 aliphatic rings. The van der Waals surface area contributed by atoms with Gasteiger partial charge < -0.3 is 15.3 Å². The van der Waals surface area contributed by atoms with Crippen molar-refractivity contribution in [1.29, 1.82) is 0 Å². The van der Waals surface area contributed by atoms with Crippen LogP contribution in [0.25, 0.3) is 0 Å². The van der Waals surface area contributed by atoms with Gasteiger partial charge in [-0.3, -0.25) is 9.59 Å². The van der Waals surface area contributed by atoms with E-state index in [1.165, 1.54) is 0 Å². The Kier molecular flexibility index (Phi) is 15.3. The van der Waals surface area contributed by atoms with Gasteiger partial charge in [0.1, 0.15) is 5.78 Å². The number of unbranched alkanes of at least 4 members (excludes halogenated alkanes) is 3. The molecular weight excluding hydrogens is 292 g/mol. The van der Waals surface area contributed by atoms with E-state index in [9.17, 15) is 9.59 Å². The maximum absolute atomic E-state index is 11.6. The van der Waals surface area contributed by atoms with Gasteiger partial charge in [0.2, 0.25) is 5.91 Å². The number of rotatable bonds is 16. The lowest BCUT2D eigenvalue weighted by atomic mass is 10.1. The zero-order chi connectivity index (χ0) is 17.3. The fraction of sp³-hybridized carbons (Fsp3) is 0.889. The van der Waals surface area contributed by atoms with Gasteiger partial charge in [0.05, 0.1) is 6.61 Å². The predicted molar refractivity (Wildman–Crippen MR) is 94.4 cm³/mol. The highest BCUT2D eigenvalue weighted by atomic mass is 16.3. The summed E-state index contributed by atoms with van der Waals surface area (Å²) in [6.45, 7) is 7.15. The first kappa shape index (κ1) is 22.1. The van der Waals surface area contributed by atoms with E-state index in [2.05, 4.69) is 17.1 Å². The van der Waals surface area contributed by atoms with E-state index < -0.39 is 0 Å². The summed E-state index contributed by atoms with van der Waals surface area (Å²) in [6, 6.07) is 0. The molecule has 0 spiro atoms. The molecule has 0 aliphatic carbocycles. The van der Waals surface area contributed by atoms with Gasteiger partial charge in [0.15, 0.2) is 0 Å². The van der Waals surface area contributed by atoms with Crippen molar-refractivity contribution in [3.8, 4) is 0 Å². The van der Waals surface area contributed by atoms with E-state index in [0.717, 1.165) is 58.0 Å². The van der Waals surface area contributed by atoms with Crippen molar-refractivity contribution in [2.75, 3.05) is 32.8 Å². The lowest BCUT2D eigenvalue weighted by molar-refractivity contribution is -0.121. The van der Waals surface area contributed by atoms with Crippen LogP contribution in [0.2, 0.25) is 0 Å². The molecule has 5 heteroatoms. The molecule has 0 saturated heterocycles. The number of nitrogens with zero attached hydrogens (tertiary/aromatic N) is 1. The summed E-state index contributed by atoms with van der Waals surface area (Å²) >= 11 is 0. The van der Waals surface area contributed by atoms with Crippen molar-refractivity contribution in [3.05, 3.63) is 0 Å². The second-order valence-corrected chi connectivity index (χ2v) is 6.12. The molecule has 0 rings (SSSR count). The topological polar surface area (TPSA) is 69.6 Å². The molecule has 136 valence electrons. The van der Waals surface area contributed by atoms with Crippen LogP contribution in [0, 0.1) is 0 Å². The summed E-state index contributed by atoms with van der Waals surface area (Å²) in [7, 11) is 0. The third-order valence-corrected chi connectivity index (χ3v) is 3.88. The molecule has 0 fully saturated rings. The minimum absolute atomic E-state index is 0.0799. The van der Waals surface area contributed by atoms with Crippen molar-refractivity contribution in [3.63, 3.8) is 0 Å². The molecule has 5 nitrogen and oxygen atoms in total. The summed E-state index contributed by atoms with van der Waals surface area (Å²) in [5.74, 6) is 0.461. The summed E-state index contributed by atoms with van der Waals surface area (Å²) in [4.78, 5) is 25.3. The largest absolute Gasteiger partial charge is 0.395 e. The summed E-state index contributed by atoms with van der Waals surface area (Å²) < 4.78 is 0. The fourth-order valence-electron chi connectivity index (χ4n) is 2.42. The second kappa shape index (κ2) is 15.9. The van der Waals surface area contributed by atoms with Gasteiger partial charge in [-0.25, -0.2) is 0 Å². The predicted octanol–water partition coefficient (Wildman–Crippen LogP) is 2.52. The number of nitrogens with one attached hydrogen (secondary N) is 1. The lowest BCUT2D eigenvalue weighted by Gasteiger charge is -2.20. The lowest BCUT2D eigenvalue weighted by Crippen LogP contribution is -2.33. The molecule has 0 aliphatic heterocycles. The Labute approximate surface area is 141 Å². The van der Waals surface area contributed by atoms with Gasteiger partial charge in [-0.2, -0.15) is 0 Å². The molecule has 0 heterocycles. The zero-order valence-electron chi connectivity index (χ0n) is 15.1. The number of Topliss-reactive ketones (excluding diaryl/α,β-unsaturated/α-hetero) is 1. The third kappa shape index (κ3) is 14.4. The van der Waals surface area contributed by atoms with Crippen molar-refractivity contribution in [2.45, 2.75) is 71.6 Å². The molecule has 0 aromatic rings. The normalized spacial score (nSPS) is 11.0. The smallest absolute Gasteiger partial charge is 0.221 e. The average Bonchev–Trinajstić information content (AvgIpc) is 2.55. The molecule has 0 bridgehead atoms. The number of aliphatic hydroxyl groups is 1. The first-order chi connectivity index (χ1) is 11.1. The highest BCUT2D eigenvalue weighted by Gasteiger charge is 2.08. The zero-order valence-corrected chi connectivity index (χ0v) is 15.1. The molecule has 0 aromatic heterocycles. The van der Waals surface area contributed by atoms with Gasteiger partial charge in [-0.1, -0.05) is 26.7 Å². The monoisotopic (exact) mass is 328 g/mol. The number of aliphatic hydroxyl groups excluding tert-OH is 1. The van der Waals surface area contributed by atoms with E-state index in [1.54, 1.807) is 0 Å². The van der Waals surface area contributed by atoms with Crippen molar-refractivity contribution < 1.29 is 14.7 Å². The van der Waals surface area contributed by atoms with Gasteiger partial charge >= 0.3 is 0 Å². The SMILES string of the molecule is CCCCC(=O)CCCCCN(CCO)CCC(=O)NCCC. The fourth-order valence-corrected chi connectivity index (χ4v) is 2.42. The number of carbonyl (C=O) groups is 2. The molecule has 23 heavy (non-hydrogen) atoms.